The summed E-state index contributed by atoms with van der Waals surface area (Å²) in [6, 6.07) is 4.53. The van der Waals surface area contributed by atoms with Gasteiger partial charge in [-0.05, 0) is 37.4 Å². The van der Waals surface area contributed by atoms with Crippen LogP contribution in [0.2, 0.25) is 0 Å². The van der Waals surface area contributed by atoms with Crippen LogP contribution in [0.3, 0.4) is 0 Å². The lowest BCUT2D eigenvalue weighted by Crippen LogP contribution is -2.45. The number of nitrogens with zero attached hydrogens (tertiary/aromatic N) is 3. The van der Waals surface area contributed by atoms with Crippen LogP contribution in [-0.2, 0) is 11.2 Å². The molecule has 7 nitrogen and oxygen atoms in total. The molecule has 30 heavy (non-hydrogen) atoms. The minimum atomic E-state index is 0. The monoisotopic (exact) mass is 533 g/mol. The van der Waals surface area contributed by atoms with Gasteiger partial charge in [-0.25, -0.2) is 0 Å². The highest BCUT2D eigenvalue weighted by atomic mass is 127. The molecule has 2 aliphatic heterocycles. The van der Waals surface area contributed by atoms with Gasteiger partial charge in [0.15, 0.2) is 5.96 Å². The third-order valence-electron chi connectivity index (χ3n) is 5.63. The normalized spacial score (nSPS) is 21.0. The summed E-state index contributed by atoms with van der Waals surface area (Å²) in [6.07, 6.45) is 5.14. The number of rotatable bonds is 10. The van der Waals surface area contributed by atoms with Gasteiger partial charge in [0.2, 0.25) is 0 Å². The molecular formula is C22H40IN5O2. The SMILES string of the molecule is CC(C)CN1CCC[C@@H]1CN=C(NCCc1ccco1)NCCN1CCOCC1.I. The summed E-state index contributed by atoms with van der Waals surface area (Å²) in [7, 11) is 0. The number of hydrogen-bond acceptors (Lipinski definition) is 5. The Morgan fingerprint density at radius 1 is 1.20 bits per heavy atom. The average molecular weight is 533 g/mol. The molecule has 2 aliphatic rings. The van der Waals surface area contributed by atoms with Gasteiger partial charge in [-0.2, -0.15) is 0 Å². The lowest BCUT2D eigenvalue weighted by molar-refractivity contribution is 0.0389. The van der Waals surface area contributed by atoms with E-state index in [9.17, 15) is 0 Å². The molecule has 0 amide bonds. The first-order valence-corrected chi connectivity index (χ1v) is 11.3. The number of halogens is 1. The highest BCUT2D eigenvalue weighted by Crippen LogP contribution is 2.18. The fraction of sp³-hybridized carbons (Fsp3) is 0.773. The Morgan fingerprint density at radius 2 is 2.00 bits per heavy atom. The third kappa shape index (κ3) is 9.11. The summed E-state index contributed by atoms with van der Waals surface area (Å²) in [5.41, 5.74) is 0. The summed E-state index contributed by atoms with van der Waals surface area (Å²) in [5, 5.41) is 7.03. The number of morpholine rings is 1. The highest BCUT2D eigenvalue weighted by molar-refractivity contribution is 14.0. The van der Waals surface area contributed by atoms with Crippen LogP contribution < -0.4 is 10.6 Å². The van der Waals surface area contributed by atoms with Gasteiger partial charge in [-0.15, -0.1) is 24.0 Å². The second-order valence-electron chi connectivity index (χ2n) is 8.51. The molecule has 1 atom stereocenters. The summed E-state index contributed by atoms with van der Waals surface area (Å²) < 4.78 is 10.9. The van der Waals surface area contributed by atoms with Crippen LogP contribution >= 0.6 is 24.0 Å². The van der Waals surface area contributed by atoms with E-state index in [2.05, 4.69) is 34.3 Å². The number of hydrogen-bond donors (Lipinski definition) is 2. The molecular weight excluding hydrogens is 493 g/mol. The van der Waals surface area contributed by atoms with E-state index in [-0.39, 0.29) is 24.0 Å². The van der Waals surface area contributed by atoms with Gasteiger partial charge in [-0.1, -0.05) is 13.8 Å². The Morgan fingerprint density at radius 3 is 2.73 bits per heavy atom. The molecule has 0 aromatic carbocycles. The fourth-order valence-electron chi connectivity index (χ4n) is 4.10. The van der Waals surface area contributed by atoms with E-state index >= 15 is 0 Å². The molecule has 2 fully saturated rings. The van der Waals surface area contributed by atoms with Gasteiger partial charge in [0.1, 0.15) is 5.76 Å². The quantitative estimate of drug-likeness (QED) is 0.274. The minimum absolute atomic E-state index is 0. The smallest absolute Gasteiger partial charge is 0.191 e. The van der Waals surface area contributed by atoms with Crippen molar-refractivity contribution >= 4 is 29.9 Å². The van der Waals surface area contributed by atoms with Crippen molar-refractivity contribution in [1.29, 1.82) is 0 Å². The van der Waals surface area contributed by atoms with Crippen LogP contribution in [0.5, 0.6) is 0 Å². The molecule has 0 saturated carbocycles. The maximum absolute atomic E-state index is 5.44. The maximum Gasteiger partial charge on any atom is 0.191 e. The molecule has 0 aliphatic carbocycles. The van der Waals surface area contributed by atoms with Gasteiger partial charge in [-0.3, -0.25) is 14.8 Å². The highest BCUT2D eigenvalue weighted by Gasteiger charge is 2.24. The zero-order valence-electron chi connectivity index (χ0n) is 18.6. The van der Waals surface area contributed by atoms with Crippen molar-refractivity contribution in [3.8, 4) is 0 Å². The standard InChI is InChI=1S/C22H39N5O2.HI/c1-19(2)18-27-10-3-5-20(27)17-25-22(23-8-7-21-6-4-14-29-21)24-9-11-26-12-15-28-16-13-26;/h4,6,14,19-20H,3,5,7-13,15-18H2,1-2H3,(H2,23,24,25);1H/t20-;/m1./s1. The fourth-order valence-corrected chi connectivity index (χ4v) is 4.10. The van der Waals surface area contributed by atoms with Gasteiger partial charge < -0.3 is 19.8 Å². The number of guanidine groups is 1. The minimum Gasteiger partial charge on any atom is -0.469 e. The zero-order valence-corrected chi connectivity index (χ0v) is 21.0. The van der Waals surface area contributed by atoms with Crippen molar-refractivity contribution in [1.82, 2.24) is 20.4 Å². The van der Waals surface area contributed by atoms with Gasteiger partial charge in [0, 0.05) is 51.7 Å². The van der Waals surface area contributed by atoms with Crippen molar-refractivity contribution in [3.63, 3.8) is 0 Å². The van der Waals surface area contributed by atoms with Crippen LogP contribution in [0.15, 0.2) is 27.8 Å². The van der Waals surface area contributed by atoms with E-state index in [4.69, 9.17) is 14.1 Å². The van der Waals surface area contributed by atoms with Gasteiger partial charge in [0.25, 0.3) is 0 Å². The van der Waals surface area contributed by atoms with Crippen LogP contribution in [-0.4, -0.2) is 87.4 Å². The van der Waals surface area contributed by atoms with Crippen LogP contribution in [0.4, 0.5) is 0 Å². The molecule has 0 bridgehead atoms. The largest absolute Gasteiger partial charge is 0.469 e. The first kappa shape index (κ1) is 25.4. The number of nitrogens with one attached hydrogen (secondary N) is 2. The molecule has 3 heterocycles. The first-order valence-electron chi connectivity index (χ1n) is 11.3. The lowest BCUT2D eigenvalue weighted by Gasteiger charge is -2.27. The Labute approximate surface area is 199 Å². The summed E-state index contributed by atoms with van der Waals surface area (Å²) in [5.74, 6) is 2.63. The predicted octanol–water partition coefficient (Wildman–Crippen LogP) is 2.43. The Balaban J connectivity index is 0.00000320. The van der Waals surface area contributed by atoms with Gasteiger partial charge in [0.05, 0.1) is 26.0 Å². The summed E-state index contributed by atoms with van der Waals surface area (Å²) >= 11 is 0. The molecule has 0 spiro atoms. The predicted molar refractivity (Wildman–Crippen MR) is 133 cm³/mol. The molecule has 8 heteroatoms. The Bertz CT molecular complexity index is 590. The van der Waals surface area contributed by atoms with Crippen molar-refractivity contribution in [2.24, 2.45) is 10.9 Å². The average Bonchev–Trinajstić information content (AvgIpc) is 3.38. The number of aliphatic imine (C=N–C) groups is 1. The van der Waals surface area contributed by atoms with Crippen molar-refractivity contribution in [2.75, 3.05) is 65.6 Å². The van der Waals surface area contributed by atoms with Crippen molar-refractivity contribution < 1.29 is 9.15 Å². The van der Waals surface area contributed by atoms with Crippen molar-refractivity contribution in [2.45, 2.75) is 39.2 Å². The van der Waals surface area contributed by atoms with Crippen molar-refractivity contribution in [3.05, 3.63) is 24.2 Å². The van der Waals surface area contributed by atoms with E-state index in [1.54, 1.807) is 6.26 Å². The molecule has 2 saturated heterocycles. The zero-order chi connectivity index (χ0) is 20.3. The molecule has 0 radical (unpaired) electrons. The summed E-state index contributed by atoms with van der Waals surface area (Å²) in [4.78, 5) is 10.00. The second kappa shape index (κ2) is 14.3. The van der Waals surface area contributed by atoms with Gasteiger partial charge >= 0.3 is 0 Å². The maximum atomic E-state index is 5.44. The Kier molecular flexibility index (Phi) is 12.1. The first-order chi connectivity index (χ1) is 14.2. The third-order valence-corrected chi connectivity index (χ3v) is 5.63. The van der Waals surface area contributed by atoms with E-state index in [0.29, 0.717) is 12.0 Å². The number of furan rings is 1. The molecule has 2 N–H and O–H groups in total. The summed E-state index contributed by atoms with van der Waals surface area (Å²) in [6.45, 7) is 14.3. The van der Waals surface area contributed by atoms with Crippen LogP contribution in [0.25, 0.3) is 0 Å². The second-order valence-corrected chi connectivity index (χ2v) is 8.51. The van der Waals surface area contributed by atoms with Crippen LogP contribution in [0, 0.1) is 5.92 Å². The molecule has 0 unspecified atom stereocenters. The van der Waals surface area contributed by atoms with E-state index < -0.39 is 0 Å². The van der Waals surface area contributed by atoms with Crippen LogP contribution in [0.1, 0.15) is 32.4 Å². The van der Waals surface area contributed by atoms with E-state index in [1.165, 1.54) is 25.9 Å². The molecule has 3 rings (SSSR count). The number of likely N-dealkylation sites (tertiary alicyclic amines) is 1. The Hall–Kier alpha value is -0.840. The molecule has 172 valence electrons. The van der Waals surface area contributed by atoms with E-state index in [1.807, 2.05) is 12.1 Å². The molecule has 1 aromatic rings. The lowest BCUT2D eigenvalue weighted by atomic mass is 10.2. The van der Waals surface area contributed by atoms with E-state index in [0.717, 1.165) is 70.6 Å². The molecule has 1 aromatic heterocycles. The number of ether oxygens (including phenoxy) is 1. The topological polar surface area (TPSA) is 65.3 Å².